The standard InChI is InChI=1S/C21H18F7NO5/c1-4-34-14(31)7-10-5-9(11(32-2)8-12(10)33-3)6-13(30)29-20-18(24)16(22)15(21(26,27)28)17(23)19(20)25/h5,8H,4,6-7H2,1-3H3,(H,29,30). The number of benzene rings is 2. The van der Waals surface area contributed by atoms with Crippen molar-refractivity contribution in [3.63, 3.8) is 0 Å². The maximum Gasteiger partial charge on any atom is 0.422 e. The molecule has 0 aliphatic rings. The van der Waals surface area contributed by atoms with Crippen molar-refractivity contribution in [2.24, 2.45) is 0 Å². The molecular weight excluding hydrogens is 479 g/mol. The molecule has 2 aromatic rings. The number of ether oxygens (including phenoxy) is 3. The van der Waals surface area contributed by atoms with Crippen LogP contribution in [-0.4, -0.2) is 32.7 Å². The van der Waals surface area contributed by atoms with Gasteiger partial charge in [-0.25, -0.2) is 17.6 Å². The predicted octanol–water partition coefficient (Wildman–Crippen LogP) is 4.57. The van der Waals surface area contributed by atoms with E-state index in [9.17, 15) is 40.3 Å². The fraction of sp³-hybridized carbons (Fsp3) is 0.333. The van der Waals surface area contributed by atoms with E-state index in [0.29, 0.717) is 0 Å². The van der Waals surface area contributed by atoms with Gasteiger partial charge in [-0.1, -0.05) is 0 Å². The Hall–Kier alpha value is -3.51. The summed E-state index contributed by atoms with van der Waals surface area (Å²) in [4.78, 5) is 24.2. The first-order valence-corrected chi connectivity index (χ1v) is 9.47. The van der Waals surface area contributed by atoms with Gasteiger partial charge in [0.2, 0.25) is 5.91 Å². The first kappa shape index (κ1) is 26.7. The van der Waals surface area contributed by atoms with Gasteiger partial charge in [-0.2, -0.15) is 13.2 Å². The van der Waals surface area contributed by atoms with Crippen LogP contribution in [0.25, 0.3) is 0 Å². The molecule has 0 atom stereocenters. The number of hydrogen-bond donors (Lipinski definition) is 1. The number of anilines is 1. The molecule has 0 aromatic heterocycles. The summed E-state index contributed by atoms with van der Waals surface area (Å²) in [6.07, 6.45) is -6.69. The van der Waals surface area contributed by atoms with Crippen LogP contribution in [0.2, 0.25) is 0 Å². The van der Waals surface area contributed by atoms with Gasteiger partial charge in [0.25, 0.3) is 0 Å². The Morgan fingerprint density at radius 1 is 0.853 bits per heavy atom. The molecule has 13 heteroatoms. The minimum Gasteiger partial charge on any atom is -0.496 e. The van der Waals surface area contributed by atoms with Gasteiger partial charge in [0.1, 0.15) is 22.7 Å². The molecule has 0 bridgehead atoms. The Morgan fingerprint density at radius 3 is 1.79 bits per heavy atom. The normalized spacial score (nSPS) is 11.2. The summed E-state index contributed by atoms with van der Waals surface area (Å²) in [5, 5.41) is 1.53. The molecule has 0 radical (unpaired) electrons. The van der Waals surface area contributed by atoms with Crippen LogP contribution in [-0.2, 0) is 33.3 Å². The highest BCUT2D eigenvalue weighted by atomic mass is 19.4. The number of rotatable bonds is 8. The molecule has 34 heavy (non-hydrogen) atoms. The maximum atomic E-state index is 14.1. The molecule has 0 aliphatic heterocycles. The van der Waals surface area contributed by atoms with E-state index in [4.69, 9.17) is 14.2 Å². The topological polar surface area (TPSA) is 73.9 Å². The van der Waals surface area contributed by atoms with Gasteiger partial charge in [-0.05, 0) is 13.0 Å². The van der Waals surface area contributed by atoms with E-state index in [1.54, 1.807) is 6.92 Å². The molecule has 0 saturated carbocycles. The number of carbonyl (C=O) groups is 2. The lowest BCUT2D eigenvalue weighted by Gasteiger charge is -2.16. The zero-order valence-corrected chi connectivity index (χ0v) is 18.0. The average Bonchev–Trinajstić information content (AvgIpc) is 2.75. The van der Waals surface area contributed by atoms with E-state index >= 15 is 0 Å². The van der Waals surface area contributed by atoms with Crippen LogP contribution < -0.4 is 14.8 Å². The summed E-state index contributed by atoms with van der Waals surface area (Å²) in [7, 11) is 2.52. The van der Waals surface area contributed by atoms with Crippen LogP contribution in [0.4, 0.5) is 36.4 Å². The zero-order chi connectivity index (χ0) is 25.8. The highest BCUT2D eigenvalue weighted by Crippen LogP contribution is 2.38. The fourth-order valence-electron chi connectivity index (χ4n) is 3.03. The number of methoxy groups -OCH3 is 2. The lowest BCUT2D eigenvalue weighted by Crippen LogP contribution is -2.21. The molecule has 2 rings (SSSR count). The molecule has 0 spiro atoms. The summed E-state index contributed by atoms with van der Waals surface area (Å²) >= 11 is 0. The van der Waals surface area contributed by atoms with Gasteiger partial charge >= 0.3 is 12.1 Å². The van der Waals surface area contributed by atoms with Gasteiger partial charge in [0.05, 0.1) is 33.7 Å². The Bertz CT molecular complexity index is 1070. The SMILES string of the molecule is CCOC(=O)Cc1cc(CC(=O)Nc2c(F)c(F)c(C(F)(F)F)c(F)c2F)c(OC)cc1OC. The average molecular weight is 497 g/mol. The third-order valence-electron chi connectivity index (χ3n) is 4.49. The smallest absolute Gasteiger partial charge is 0.422 e. The number of nitrogens with one attached hydrogen (secondary N) is 1. The Labute approximate surface area is 188 Å². The van der Waals surface area contributed by atoms with Crippen molar-refractivity contribution in [3.8, 4) is 11.5 Å². The second-order valence-electron chi connectivity index (χ2n) is 6.69. The van der Waals surface area contributed by atoms with E-state index in [1.165, 1.54) is 31.7 Å². The molecule has 0 fully saturated rings. The van der Waals surface area contributed by atoms with Crippen molar-refractivity contribution in [2.75, 3.05) is 26.1 Å². The fourth-order valence-corrected chi connectivity index (χ4v) is 3.03. The highest BCUT2D eigenvalue weighted by Gasteiger charge is 2.42. The van der Waals surface area contributed by atoms with Crippen molar-refractivity contribution in [2.45, 2.75) is 25.9 Å². The second kappa shape index (κ2) is 10.6. The molecule has 0 heterocycles. The number of amides is 1. The van der Waals surface area contributed by atoms with Crippen LogP contribution in [0.3, 0.4) is 0 Å². The van der Waals surface area contributed by atoms with Crippen molar-refractivity contribution in [3.05, 3.63) is 52.1 Å². The lowest BCUT2D eigenvalue weighted by molar-refractivity contribution is -0.143. The van der Waals surface area contributed by atoms with Crippen molar-refractivity contribution < 1.29 is 54.5 Å². The number of alkyl halides is 3. The molecule has 0 aliphatic carbocycles. The van der Waals surface area contributed by atoms with Gasteiger partial charge in [-0.15, -0.1) is 0 Å². The number of esters is 1. The lowest BCUT2D eigenvalue weighted by atomic mass is 10.0. The largest absolute Gasteiger partial charge is 0.496 e. The van der Waals surface area contributed by atoms with E-state index in [0.717, 1.165) is 0 Å². The minimum absolute atomic E-state index is 0.0466. The number of carbonyl (C=O) groups excluding carboxylic acids is 2. The molecule has 1 N–H and O–H groups in total. The van der Waals surface area contributed by atoms with Crippen LogP contribution in [0, 0.1) is 23.3 Å². The summed E-state index contributed by atoms with van der Waals surface area (Å²) in [5.74, 6) is -11.9. The second-order valence-corrected chi connectivity index (χ2v) is 6.69. The predicted molar refractivity (Wildman–Crippen MR) is 103 cm³/mol. The molecule has 186 valence electrons. The first-order chi connectivity index (χ1) is 15.8. The van der Waals surface area contributed by atoms with Crippen molar-refractivity contribution in [1.29, 1.82) is 0 Å². The molecule has 6 nitrogen and oxygen atoms in total. The van der Waals surface area contributed by atoms with Gasteiger partial charge in [0, 0.05) is 17.2 Å². The monoisotopic (exact) mass is 497 g/mol. The van der Waals surface area contributed by atoms with Gasteiger partial charge in [0.15, 0.2) is 23.3 Å². The molecule has 0 unspecified atom stereocenters. The Morgan fingerprint density at radius 2 is 1.35 bits per heavy atom. The molecular formula is C21H18F7NO5. The molecule has 2 aromatic carbocycles. The maximum absolute atomic E-state index is 14.1. The zero-order valence-electron chi connectivity index (χ0n) is 18.0. The highest BCUT2D eigenvalue weighted by molar-refractivity contribution is 5.93. The van der Waals surface area contributed by atoms with Crippen LogP contribution in [0.1, 0.15) is 23.6 Å². The number of hydrogen-bond acceptors (Lipinski definition) is 5. The summed E-state index contributed by atoms with van der Waals surface area (Å²) < 4.78 is 109. The third kappa shape index (κ3) is 5.69. The van der Waals surface area contributed by atoms with E-state index in [-0.39, 0.29) is 35.7 Å². The summed E-state index contributed by atoms with van der Waals surface area (Å²) in [5.41, 5.74) is -4.17. The Kier molecular flexibility index (Phi) is 8.35. The van der Waals surface area contributed by atoms with E-state index < -0.39 is 59.0 Å². The summed E-state index contributed by atoms with van der Waals surface area (Å²) in [6.45, 7) is 1.69. The number of halogens is 7. The first-order valence-electron chi connectivity index (χ1n) is 9.47. The molecule has 0 saturated heterocycles. The van der Waals surface area contributed by atoms with Gasteiger partial charge in [-0.3, -0.25) is 9.59 Å². The quantitative estimate of drug-likeness (QED) is 0.329. The van der Waals surface area contributed by atoms with Gasteiger partial charge < -0.3 is 19.5 Å². The van der Waals surface area contributed by atoms with Crippen LogP contribution in [0.15, 0.2) is 12.1 Å². The van der Waals surface area contributed by atoms with Crippen molar-refractivity contribution in [1.82, 2.24) is 0 Å². The van der Waals surface area contributed by atoms with Crippen molar-refractivity contribution >= 4 is 17.6 Å². The third-order valence-corrected chi connectivity index (χ3v) is 4.49. The molecule has 1 amide bonds. The van der Waals surface area contributed by atoms with Crippen LogP contribution in [0.5, 0.6) is 11.5 Å². The Balaban J connectivity index is 2.40. The van der Waals surface area contributed by atoms with Crippen LogP contribution >= 0.6 is 0 Å². The minimum atomic E-state index is -5.72. The summed E-state index contributed by atoms with van der Waals surface area (Å²) in [6, 6.07) is 2.62. The van der Waals surface area contributed by atoms with E-state index in [2.05, 4.69) is 0 Å². The van der Waals surface area contributed by atoms with E-state index in [1.807, 2.05) is 0 Å².